The number of carbonyl (C=O) groups excluding carboxylic acids is 2. The fraction of sp³-hybridized carbons (Fsp3) is 0.393. The average molecular weight is 506 g/mol. The number of non-ortho nitro benzene ring substituents is 1. The van der Waals surface area contributed by atoms with Crippen molar-refractivity contribution in [1.29, 1.82) is 0 Å². The average Bonchev–Trinajstić information content (AvgIpc) is 3.25. The van der Waals surface area contributed by atoms with Gasteiger partial charge >= 0.3 is 0 Å². The second-order valence-corrected chi connectivity index (χ2v) is 10.7. The van der Waals surface area contributed by atoms with Crippen molar-refractivity contribution in [2.75, 3.05) is 18.4 Å². The SMILES string of the molecule is Cc1cccc(-n2nc(C(C)(C)C)cc2NC(=O)CN(CCC(C)C)C(=O)c2ccc([N+](=O)[O-])cc2)c1. The van der Waals surface area contributed by atoms with Crippen LogP contribution in [0.15, 0.2) is 54.6 Å². The Bertz CT molecular complexity index is 1270. The van der Waals surface area contributed by atoms with Crippen molar-refractivity contribution < 1.29 is 14.5 Å². The first-order chi connectivity index (χ1) is 17.3. The maximum Gasteiger partial charge on any atom is 0.269 e. The van der Waals surface area contributed by atoms with Gasteiger partial charge in [-0.1, -0.05) is 46.8 Å². The summed E-state index contributed by atoms with van der Waals surface area (Å²) in [6.45, 7) is 12.5. The van der Waals surface area contributed by atoms with Crippen LogP contribution in [0.5, 0.6) is 0 Å². The zero-order valence-corrected chi connectivity index (χ0v) is 22.3. The highest BCUT2D eigenvalue weighted by atomic mass is 16.6. The third-order valence-electron chi connectivity index (χ3n) is 5.91. The van der Waals surface area contributed by atoms with E-state index in [0.717, 1.165) is 16.9 Å². The number of benzene rings is 2. The molecule has 2 aromatic carbocycles. The van der Waals surface area contributed by atoms with Gasteiger partial charge in [0.25, 0.3) is 11.6 Å². The Hall–Kier alpha value is -4.01. The van der Waals surface area contributed by atoms with Gasteiger partial charge in [-0.05, 0) is 49.1 Å². The summed E-state index contributed by atoms with van der Waals surface area (Å²) in [4.78, 5) is 38.4. The summed E-state index contributed by atoms with van der Waals surface area (Å²) < 4.78 is 1.71. The van der Waals surface area contributed by atoms with Gasteiger partial charge in [-0.2, -0.15) is 5.10 Å². The standard InChI is InChI=1S/C28H35N5O4/c1-19(2)14-15-31(27(35)21-10-12-22(13-11-21)33(36)37)18-26(34)29-25-17-24(28(4,5)6)30-32(25)23-9-7-8-20(3)16-23/h7-13,16-17,19H,14-15,18H2,1-6H3,(H,29,34). The number of hydrogen-bond acceptors (Lipinski definition) is 5. The third-order valence-corrected chi connectivity index (χ3v) is 5.91. The zero-order chi connectivity index (χ0) is 27.3. The number of carbonyl (C=O) groups is 2. The predicted octanol–water partition coefficient (Wildman–Crippen LogP) is 5.51. The van der Waals surface area contributed by atoms with Crippen LogP contribution in [-0.4, -0.2) is 44.5 Å². The highest BCUT2D eigenvalue weighted by Crippen LogP contribution is 2.26. The Morgan fingerprint density at radius 1 is 1.11 bits per heavy atom. The minimum absolute atomic E-state index is 0.0953. The van der Waals surface area contributed by atoms with Gasteiger partial charge in [0.1, 0.15) is 12.4 Å². The van der Waals surface area contributed by atoms with E-state index in [9.17, 15) is 19.7 Å². The van der Waals surface area contributed by atoms with Crippen LogP contribution in [0.4, 0.5) is 11.5 Å². The van der Waals surface area contributed by atoms with E-state index >= 15 is 0 Å². The first kappa shape index (κ1) is 27.6. The summed E-state index contributed by atoms with van der Waals surface area (Å²) in [7, 11) is 0. The number of nitrogens with zero attached hydrogens (tertiary/aromatic N) is 4. The lowest BCUT2D eigenvalue weighted by molar-refractivity contribution is -0.384. The molecule has 0 aliphatic heterocycles. The van der Waals surface area contributed by atoms with Crippen molar-refractivity contribution >= 4 is 23.3 Å². The molecule has 9 heteroatoms. The molecule has 1 aromatic heterocycles. The zero-order valence-electron chi connectivity index (χ0n) is 22.3. The molecule has 2 amide bonds. The van der Waals surface area contributed by atoms with E-state index in [1.165, 1.54) is 29.2 Å². The lowest BCUT2D eigenvalue weighted by Gasteiger charge is -2.23. The molecule has 3 rings (SSSR count). The molecule has 1 N–H and O–H groups in total. The summed E-state index contributed by atoms with van der Waals surface area (Å²) in [5.74, 6) is 0.140. The lowest BCUT2D eigenvalue weighted by Crippen LogP contribution is -2.39. The fourth-order valence-electron chi connectivity index (χ4n) is 3.72. The van der Waals surface area contributed by atoms with Crippen LogP contribution in [0.1, 0.15) is 62.7 Å². The molecular formula is C28H35N5O4. The summed E-state index contributed by atoms with van der Waals surface area (Å²) in [5.41, 5.74) is 2.68. The van der Waals surface area contributed by atoms with E-state index in [1.54, 1.807) is 4.68 Å². The number of aromatic nitrogens is 2. The minimum atomic E-state index is -0.512. The lowest BCUT2D eigenvalue weighted by atomic mass is 9.92. The minimum Gasteiger partial charge on any atom is -0.329 e. The largest absolute Gasteiger partial charge is 0.329 e. The van der Waals surface area contributed by atoms with Crippen molar-refractivity contribution in [3.63, 3.8) is 0 Å². The molecule has 3 aromatic rings. The molecule has 0 saturated heterocycles. The van der Waals surface area contributed by atoms with E-state index in [2.05, 4.69) is 26.1 Å². The summed E-state index contributed by atoms with van der Waals surface area (Å²) in [5, 5.41) is 18.7. The molecule has 9 nitrogen and oxygen atoms in total. The fourth-order valence-corrected chi connectivity index (χ4v) is 3.72. The maximum absolute atomic E-state index is 13.2. The van der Waals surface area contributed by atoms with E-state index in [4.69, 9.17) is 5.10 Å². The Morgan fingerprint density at radius 2 is 1.78 bits per heavy atom. The first-order valence-corrected chi connectivity index (χ1v) is 12.4. The highest BCUT2D eigenvalue weighted by Gasteiger charge is 2.24. The number of nitro groups is 1. The number of nitrogens with one attached hydrogen (secondary N) is 1. The van der Waals surface area contributed by atoms with Crippen molar-refractivity contribution in [2.45, 2.75) is 53.4 Å². The Balaban J connectivity index is 1.86. The molecule has 0 saturated carbocycles. The van der Waals surface area contributed by atoms with E-state index < -0.39 is 4.92 Å². The van der Waals surface area contributed by atoms with Crippen molar-refractivity contribution in [3.8, 4) is 5.69 Å². The van der Waals surface area contributed by atoms with Crippen LogP contribution < -0.4 is 5.32 Å². The highest BCUT2D eigenvalue weighted by molar-refractivity contribution is 5.99. The van der Waals surface area contributed by atoms with Crippen LogP contribution in [0.25, 0.3) is 5.69 Å². The van der Waals surface area contributed by atoms with Crippen LogP contribution in [-0.2, 0) is 10.2 Å². The van der Waals surface area contributed by atoms with Crippen LogP contribution in [0.2, 0.25) is 0 Å². The van der Waals surface area contributed by atoms with Crippen LogP contribution >= 0.6 is 0 Å². The molecule has 196 valence electrons. The van der Waals surface area contributed by atoms with E-state index in [-0.39, 0.29) is 29.5 Å². The number of amides is 2. The quantitative estimate of drug-likeness (QED) is 0.304. The summed E-state index contributed by atoms with van der Waals surface area (Å²) in [6, 6.07) is 15.1. The second-order valence-electron chi connectivity index (χ2n) is 10.7. The number of anilines is 1. The van der Waals surface area contributed by atoms with Crippen LogP contribution in [0, 0.1) is 23.0 Å². The van der Waals surface area contributed by atoms with Crippen molar-refractivity contribution in [3.05, 3.63) is 81.5 Å². The summed E-state index contributed by atoms with van der Waals surface area (Å²) >= 11 is 0. The van der Waals surface area contributed by atoms with Gasteiger partial charge in [-0.3, -0.25) is 19.7 Å². The van der Waals surface area contributed by atoms with Gasteiger partial charge in [-0.25, -0.2) is 4.68 Å². The molecule has 0 radical (unpaired) electrons. The molecule has 37 heavy (non-hydrogen) atoms. The van der Waals surface area contributed by atoms with Gasteiger partial charge in [0.15, 0.2) is 0 Å². The number of aryl methyl sites for hydroxylation is 1. The first-order valence-electron chi connectivity index (χ1n) is 12.4. The number of nitro benzene ring substituents is 1. The number of rotatable bonds is 9. The van der Waals surface area contributed by atoms with Gasteiger partial charge < -0.3 is 10.2 Å². The van der Waals surface area contributed by atoms with Gasteiger partial charge in [0, 0.05) is 35.7 Å². The smallest absolute Gasteiger partial charge is 0.269 e. The third kappa shape index (κ3) is 7.25. The predicted molar refractivity (Wildman–Crippen MR) is 144 cm³/mol. The van der Waals surface area contributed by atoms with Gasteiger partial charge in [0.2, 0.25) is 5.91 Å². The molecule has 0 fully saturated rings. The van der Waals surface area contributed by atoms with Crippen molar-refractivity contribution in [1.82, 2.24) is 14.7 Å². The molecular weight excluding hydrogens is 470 g/mol. The topological polar surface area (TPSA) is 110 Å². The molecule has 0 aliphatic carbocycles. The molecule has 0 aliphatic rings. The Morgan fingerprint density at radius 3 is 2.35 bits per heavy atom. The molecule has 0 atom stereocenters. The molecule has 0 spiro atoms. The maximum atomic E-state index is 13.2. The molecule has 0 bridgehead atoms. The van der Waals surface area contributed by atoms with Gasteiger partial charge in [-0.15, -0.1) is 0 Å². The molecule has 1 heterocycles. The Kier molecular flexibility index (Phi) is 8.47. The van der Waals surface area contributed by atoms with E-state index in [0.29, 0.717) is 30.3 Å². The van der Waals surface area contributed by atoms with Gasteiger partial charge in [0.05, 0.1) is 16.3 Å². The molecule has 0 unspecified atom stereocenters. The normalized spacial score (nSPS) is 11.4. The number of hydrogen-bond donors (Lipinski definition) is 1. The second kappa shape index (κ2) is 11.4. The van der Waals surface area contributed by atoms with E-state index in [1.807, 2.05) is 51.1 Å². The monoisotopic (exact) mass is 505 g/mol. The summed E-state index contributed by atoms with van der Waals surface area (Å²) in [6.07, 6.45) is 0.710. The van der Waals surface area contributed by atoms with Crippen molar-refractivity contribution in [2.24, 2.45) is 5.92 Å². The van der Waals surface area contributed by atoms with Crippen LogP contribution in [0.3, 0.4) is 0 Å². The Labute approximate surface area is 217 Å².